The van der Waals surface area contributed by atoms with Crippen LogP contribution in [-0.4, -0.2) is 24.4 Å². The van der Waals surface area contributed by atoms with Gasteiger partial charge in [0.05, 0.1) is 5.56 Å². The number of nitrogens with zero attached hydrogens (tertiary/aromatic N) is 1. The molecule has 0 aliphatic heterocycles. The number of carbonyl (C=O) groups excluding carboxylic acids is 1. The SMILES string of the molecule is CN(Cc1ccccc1)C(=O)CCNc1cccc(C(F)(F)F)c1. The standard InChI is InChI=1S/C18H19F3N2O/c1-23(13-14-6-3-2-4-7-14)17(24)10-11-22-16-9-5-8-15(12-16)18(19,20)21/h2-9,12,22H,10-11,13H2,1H3. The van der Waals surface area contributed by atoms with E-state index in [4.69, 9.17) is 0 Å². The van der Waals surface area contributed by atoms with E-state index in [0.29, 0.717) is 12.2 Å². The average molecular weight is 336 g/mol. The van der Waals surface area contributed by atoms with E-state index in [0.717, 1.165) is 17.7 Å². The zero-order valence-corrected chi connectivity index (χ0v) is 13.3. The van der Waals surface area contributed by atoms with Gasteiger partial charge in [-0.15, -0.1) is 0 Å². The highest BCUT2D eigenvalue weighted by atomic mass is 19.4. The predicted octanol–water partition coefficient (Wildman–Crippen LogP) is 4.17. The molecule has 0 saturated heterocycles. The van der Waals surface area contributed by atoms with Crippen LogP contribution in [0.1, 0.15) is 17.5 Å². The van der Waals surface area contributed by atoms with E-state index in [1.54, 1.807) is 18.0 Å². The minimum absolute atomic E-state index is 0.0710. The van der Waals surface area contributed by atoms with Crippen LogP contribution in [0.3, 0.4) is 0 Å². The lowest BCUT2D eigenvalue weighted by molar-refractivity contribution is -0.137. The predicted molar refractivity (Wildman–Crippen MR) is 87.5 cm³/mol. The van der Waals surface area contributed by atoms with E-state index in [1.165, 1.54) is 6.07 Å². The number of halogens is 3. The molecule has 128 valence electrons. The Morgan fingerprint density at radius 1 is 1.08 bits per heavy atom. The molecule has 1 amide bonds. The fourth-order valence-electron chi connectivity index (χ4n) is 2.26. The molecule has 0 atom stereocenters. The van der Waals surface area contributed by atoms with Crippen LogP contribution in [-0.2, 0) is 17.5 Å². The molecule has 3 nitrogen and oxygen atoms in total. The van der Waals surface area contributed by atoms with E-state index >= 15 is 0 Å². The summed E-state index contributed by atoms with van der Waals surface area (Å²) in [7, 11) is 1.71. The lowest BCUT2D eigenvalue weighted by Gasteiger charge is -2.18. The molecular weight excluding hydrogens is 317 g/mol. The zero-order valence-electron chi connectivity index (χ0n) is 13.3. The lowest BCUT2D eigenvalue weighted by atomic mass is 10.2. The van der Waals surface area contributed by atoms with Gasteiger partial charge in [0.1, 0.15) is 0 Å². The summed E-state index contributed by atoms with van der Waals surface area (Å²) in [6.45, 7) is 0.780. The largest absolute Gasteiger partial charge is 0.416 e. The first-order chi connectivity index (χ1) is 11.4. The highest BCUT2D eigenvalue weighted by Gasteiger charge is 2.30. The fourth-order valence-corrected chi connectivity index (χ4v) is 2.26. The van der Waals surface area contributed by atoms with Gasteiger partial charge in [0.25, 0.3) is 0 Å². The van der Waals surface area contributed by atoms with Crippen LogP contribution in [0.25, 0.3) is 0 Å². The minimum Gasteiger partial charge on any atom is -0.385 e. The molecule has 0 saturated carbocycles. The molecule has 24 heavy (non-hydrogen) atoms. The maximum Gasteiger partial charge on any atom is 0.416 e. The summed E-state index contributed by atoms with van der Waals surface area (Å²) in [4.78, 5) is 13.7. The first-order valence-electron chi connectivity index (χ1n) is 7.55. The highest BCUT2D eigenvalue weighted by Crippen LogP contribution is 2.30. The van der Waals surface area contributed by atoms with Crippen molar-refractivity contribution in [1.82, 2.24) is 4.90 Å². The first-order valence-corrected chi connectivity index (χ1v) is 7.55. The first kappa shape index (κ1) is 17.8. The van der Waals surface area contributed by atoms with E-state index in [9.17, 15) is 18.0 Å². The van der Waals surface area contributed by atoms with Crippen molar-refractivity contribution in [3.05, 3.63) is 65.7 Å². The highest BCUT2D eigenvalue weighted by molar-refractivity contribution is 5.76. The molecule has 0 bridgehead atoms. The van der Waals surface area contributed by atoms with Crippen LogP contribution in [0.4, 0.5) is 18.9 Å². The summed E-state index contributed by atoms with van der Waals surface area (Å²) < 4.78 is 37.9. The number of amides is 1. The van der Waals surface area contributed by atoms with Crippen molar-refractivity contribution in [3.8, 4) is 0 Å². The van der Waals surface area contributed by atoms with Crippen molar-refractivity contribution in [2.75, 3.05) is 18.9 Å². The molecule has 0 heterocycles. The van der Waals surface area contributed by atoms with Gasteiger partial charge in [-0.2, -0.15) is 13.2 Å². The third-order valence-electron chi connectivity index (χ3n) is 3.55. The molecule has 0 unspecified atom stereocenters. The summed E-state index contributed by atoms with van der Waals surface area (Å²) in [5.74, 6) is -0.0710. The van der Waals surface area contributed by atoms with Gasteiger partial charge in [-0.3, -0.25) is 4.79 Å². The number of benzene rings is 2. The number of alkyl halides is 3. The van der Waals surface area contributed by atoms with Gasteiger partial charge in [0.2, 0.25) is 5.91 Å². The van der Waals surface area contributed by atoms with Gasteiger partial charge in [0.15, 0.2) is 0 Å². The molecule has 0 radical (unpaired) electrons. The van der Waals surface area contributed by atoms with Crippen LogP contribution in [0.5, 0.6) is 0 Å². The van der Waals surface area contributed by atoms with Gasteiger partial charge in [0, 0.05) is 32.2 Å². The second-order valence-corrected chi connectivity index (χ2v) is 5.49. The summed E-state index contributed by atoms with van der Waals surface area (Å²) in [5, 5.41) is 2.86. The molecular formula is C18H19F3N2O. The maximum atomic E-state index is 12.6. The molecule has 0 fully saturated rings. The molecule has 0 aliphatic carbocycles. The molecule has 6 heteroatoms. The zero-order chi connectivity index (χ0) is 17.6. The Balaban J connectivity index is 1.82. The third kappa shape index (κ3) is 5.30. The summed E-state index contributed by atoms with van der Waals surface area (Å²) in [6, 6.07) is 14.5. The van der Waals surface area contributed by atoms with Gasteiger partial charge in [-0.05, 0) is 23.8 Å². The second kappa shape index (κ2) is 7.86. The topological polar surface area (TPSA) is 32.3 Å². The maximum absolute atomic E-state index is 12.6. The van der Waals surface area contributed by atoms with Gasteiger partial charge >= 0.3 is 6.18 Å². The molecule has 1 N–H and O–H groups in total. The van der Waals surface area contributed by atoms with Crippen molar-refractivity contribution < 1.29 is 18.0 Å². The lowest BCUT2D eigenvalue weighted by Crippen LogP contribution is -2.27. The Kier molecular flexibility index (Phi) is 5.84. The Hall–Kier alpha value is -2.50. The van der Waals surface area contributed by atoms with Crippen molar-refractivity contribution in [2.45, 2.75) is 19.1 Å². The van der Waals surface area contributed by atoms with E-state index < -0.39 is 11.7 Å². The third-order valence-corrected chi connectivity index (χ3v) is 3.55. The molecule has 2 rings (SSSR count). The van der Waals surface area contributed by atoms with Crippen LogP contribution < -0.4 is 5.32 Å². The van der Waals surface area contributed by atoms with Crippen LogP contribution in [0, 0.1) is 0 Å². The summed E-state index contributed by atoms with van der Waals surface area (Å²) in [5.41, 5.74) is 0.669. The molecule has 0 aliphatic rings. The van der Waals surface area contributed by atoms with Gasteiger partial charge in [-0.25, -0.2) is 0 Å². The normalized spacial score (nSPS) is 11.2. The fraction of sp³-hybridized carbons (Fsp3) is 0.278. The second-order valence-electron chi connectivity index (χ2n) is 5.49. The number of anilines is 1. The van der Waals surface area contributed by atoms with E-state index in [-0.39, 0.29) is 18.9 Å². The monoisotopic (exact) mass is 336 g/mol. The Morgan fingerprint density at radius 2 is 1.79 bits per heavy atom. The average Bonchev–Trinajstić information content (AvgIpc) is 2.55. The van der Waals surface area contributed by atoms with Gasteiger partial charge < -0.3 is 10.2 Å². The van der Waals surface area contributed by atoms with Crippen LogP contribution in [0.2, 0.25) is 0 Å². The Bertz CT molecular complexity index is 671. The number of carbonyl (C=O) groups is 1. The molecule has 2 aromatic rings. The van der Waals surface area contributed by atoms with E-state index in [1.807, 2.05) is 30.3 Å². The number of nitrogens with one attached hydrogen (secondary N) is 1. The quantitative estimate of drug-likeness (QED) is 0.859. The van der Waals surface area contributed by atoms with Crippen molar-refractivity contribution in [2.24, 2.45) is 0 Å². The number of hydrogen-bond acceptors (Lipinski definition) is 2. The Labute approximate surface area is 139 Å². The summed E-state index contributed by atoms with van der Waals surface area (Å²) >= 11 is 0. The Morgan fingerprint density at radius 3 is 2.46 bits per heavy atom. The van der Waals surface area contributed by atoms with Crippen LogP contribution in [0.15, 0.2) is 54.6 Å². The van der Waals surface area contributed by atoms with Crippen molar-refractivity contribution in [3.63, 3.8) is 0 Å². The van der Waals surface area contributed by atoms with Gasteiger partial charge in [-0.1, -0.05) is 36.4 Å². The summed E-state index contributed by atoms with van der Waals surface area (Å²) in [6.07, 6.45) is -4.16. The smallest absolute Gasteiger partial charge is 0.385 e. The minimum atomic E-state index is -4.37. The molecule has 0 aromatic heterocycles. The number of hydrogen-bond donors (Lipinski definition) is 1. The van der Waals surface area contributed by atoms with Crippen LogP contribution >= 0.6 is 0 Å². The molecule has 2 aromatic carbocycles. The van der Waals surface area contributed by atoms with Crippen molar-refractivity contribution in [1.29, 1.82) is 0 Å². The van der Waals surface area contributed by atoms with E-state index in [2.05, 4.69) is 5.32 Å². The molecule has 0 spiro atoms. The number of rotatable bonds is 6. The van der Waals surface area contributed by atoms with Crippen molar-refractivity contribution >= 4 is 11.6 Å².